The molecule has 0 spiro atoms. The average Bonchev–Trinajstić information content (AvgIpc) is 3.41. The van der Waals surface area contributed by atoms with Gasteiger partial charge in [-0.3, -0.25) is 14.4 Å². The third-order valence-electron chi connectivity index (χ3n) is 8.88. The summed E-state index contributed by atoms with van der Waals surface area (Å²) < 4.78 is 3.08. The summed E-state index contributed by atoms with van der Waals surface area (Å²) in [4.78, 5) is 41.8. The molecule has 1 heterocycles. The summed E-state index contributed by atoms with van der Waals surface area (Å²) in [6, 6.07) is 17.8. The van der Waals surface area contributed by atoms with Crippen LogP contribution < -0.4 is 15.5 Å². The number of unbranched alkanes of at least 4 members (excludes halogenated alkanes) is 5. The number of carbonyl (C=O) groups is 3. The second-order valence-corrected chi connectivity index (χ2v) is 13.0. The van der Waals surface area contributed by atoms with E-state index in [1.54, 1.807) is 4.90 Å². The third kappa shape index (κ3) is 9.31. The minimum atomic E-state index is -0.170. The normalized spacial score (nSPS) is 16.5. The Hall–Kier alpha value is -2.88. The maximum atomic E-state index is 13.7. The molecule has 2 aromatic carbocycles. The number of fused-ring (bicyclic) bond motifs is 1. The summed E-state index contributed by atoms with van der Waals surface area (Å²) in [6.07, 6.45) is 11.4. The minimum absolute atomic E-state index is 0.0141. The molecule has 1 saturated carbocycles. The van der Waals surface area contributed by atoms with Crippen molar-refractivity contribution in [2.45, 2.75) is 97.1 Å². The maximum Gasteiger partial charge on any atom is 0.268 e. The number of rotatable bonds is 16. The molecule has 8 heteroatoms. The first-order valence-electron chi connectivity index (χ1n) is 16.6. The van der Waals surface area contributed by atoms with Crippen molar-refractivity contribution in [2.24, 2.45) is 5.92 Å². The van der Waals surface area contributed by atoms with Gasteiger partial charge in [0.15, 0.2) is 0 Å². The van der Waals surface area contributed by atoms with E-state index in [9.17, 15) is 14.4 Å². The van der Waals surface area contributed by atoms with Crippen molar-refractivity contribution in [3.8, 4) is 0 Å². The minimum Gasteiger partial charge on any atom is -0.356 e. The first kappa shape index (κ1) is 34.0. The second-order valence-electron chi connectivity index (χ2n) is 12.0. The number of alkyl halides is 1. The molecule has 3 aromatic rings. The van der Waals surface area contributed by atoms with Crippen molar-refractivity contribution in [3.05, 3.63) is 65.9 Å². The molecular formula is C36H49IN4O3. The van der Waals surface area contributed by atoms with Crippen LogP contribution in [-0.4, -0.2) is 45.8 Å². The van der Waals surface area contributed by atoms with E-state index in [0.29, 0.717) is 12.2 Å². The fraction of sp³-hybridized carbons (Fsp3) is 0.528. The van der Waals surface area contributed by atoms with Crippen LogP contribution in [0.25, 0.3) is 10.9 Å². The number of para-hydroxylation sites is 1. The third-order valence-corrected chi connectivity index (χ3v) is 9.64. The number of aromatic nitrogens is 1. The van der Waals surface area contributed by atoms with E-state index in [0.717, 1.165) is 61.7 Å². The van der Waals surface area contributed by atoms with E-state index in [1.807, 2.05) is 54.0 Å². The Kier molecular flexibility index (Phi) is 13.6. The van der Waals surface area contributed by atoms with Gasteiger partial charge in [0.25, 0.3) is 5.91 Å². The lowest BCUT2D eigenvalue weighted by Gasteiger charge is -2.28. The van der Waals surface area contributed by atoms with E-state index >= 15 is 0 Å². The highest BCUT2D eigenvalue weighted by atomic mass is 127. The summed E-state index contributed by atoms with van der Waals surface area (Å²) in [7, 11) is 0. The Balaban J connectivity index is 1.33. The van der Waals surface area contributed by atoms with E-state index in [-0.39, 0.29) is 36.2 Å². The predicted molar refractivity (Wildman–Crippen MR) is 189 cm³/mol. The molecule has 1 aromatic heterocycles. The molecule has 238 valence electrons. The molecule has 1 fully saturated rings. The summed E-state index contributed by atoms with van der Waals surface area (Å²) >= 11 is 2.43. The van der Waals surface area contributed by atoms with Gasteiger partial charge in [-0.2, -0.15) is 0 Å². The maximum absolute atomic E-state index is 13.7. The molecule has 3 amide bonds. The number of amides is 3. The highest BCUT2D eigenvalue weighted by molar-refractivity contribution is 14.1. The van der Waals surface area contributed by atoms with Crippen molar-refractivity contribution in [3.63, 3.8) is 0 Å². The van der Waals surface area contributed by atoms with Crippen molar-refractivity contribution in [1.82, 2.24) is 15.2 Å². The van der Waals surface area contributed by atoms with Crippen LogP contribution in [0.2, 0.25) is 0 Å². The Morgan fingerprint density at radius 3 is 2.34 bits per heavy atom. The van der Waals surface area contributed by atoms with Gasteiger partial charge >= 0.3 is 0 Å². The number of anilines is 1. The summed E-state index contributed by atoms with van der Waals surface area (Å²) in [5, 5.41) is 7.30. The van der Waals surface area contributed by atoms with Crippen LogP contribution in [0, 0.1) is 5.92 Å². The Labute approximate surface area is 276 Å². The zero-order valence-corrected chi connectivity index (χ0v) is 28.6. The molecule has 0 saturated heterocycles. The van der Waals surface area contributed by atoms with Crippen LogP contribution in [0.15, 0.2) is 54.6 Å². The summed E-state index contributed by atoms with van der Waals surface area (Å²) in [5.74, 6) is -0.0549. The van der Waals surface area contributed by atoms with Crippen LogP contribution in [-0.2, 0) is 22.6 Å². The fourth-order valence-corrected chi connectivity index (χ4v) is 6.82. The SMILES string of the molecule is CCc1cccc(N(CC)C(=O)Cn2c(C(=O)NC3CCC(C(=O)NCCCCCCCCI)CC3)cc3ccccc32)c1. The van der Waals surface area contributed by atoms with Crippen LogP contribution in [0.4, 0.5) is 5.69 Å². The summed E-state index contributed by atoms with van der Waals surface area (Å²) in [6.45, 7) is 5.45. The lowest BCUT2D eigenvalue weighted by Crippen LogP contribution is -2.42. The van der Waals surface area contributed by atoms with E-state index in [1.165, 1.54) is 42.1 Å². The lowest BCUT2D eigenvalue weighted by molar-refractivity contribution is -0.126. The Morgan fingerprint density at radius 1 is 0.886 bits per heavy atom. The number of carbonyl (C=O) groups excluding carboxylic acids is 3. The van der Waals surface area contributed by atoms with Gasteiger partial charge in [-0.1, -0.05) is 85.5 Å². The topological polar surface area (TPSA) is 83.4 Å². The van der Waals surface area contributed by atoms with Crippen LogP contribution in [0.1, 0.15) is 94.1 Å². The number of hydrogen-bond donors (Lipinski definition) is 2. The van der Waals surface area contributed by atoms with Gasteiger partial charge < -0.3 is 20.1 Å². The van der Waals surface area contributed by atoms with E-state index in [4.69, 9.17) is 0 Å². The number of benzene rings is 2. The Morgan fingerprint density at radius 2 is 1.61 bits per heavy atom. The van der Waals surface area contributed by atoms with Crippen molar-refractivity contribution in [1.29, 1.82) is 0 Å². The van der Waals surface area contributed by atoms with Gasteiger partial charge in [0.05, 0.1) is 0 Å². The molecule has 1 aliphatic rings. The second kappa shape index (κ2) is 17.6. The van der Waals surface area contributed by atoms with Gasteiger partial charge in [-0.25, -0.2) is 0 Å². The number of nitrogens with zero attached hydrogens (tertiary/aromatic N) is 2. The molecule has 0 aliphatic heterocycles. The standard InChI is InChI=1S/C36H49IN4O3/c1-3-27-14-13-16-31(24-27)40(4-2)34(42)26-41-32-17-10-9-15-29(32)25-33(41)36(44)39-30-20-18-28(19-21-30)35(43)38-23-12-8-6-5-7-11-22-37/h9-10,13-17,24-25,28,30H,3-8,11-12,18-23,26H2,1-2H3,(H,38,43)(H,39,44). The summed E-state index contributed by atoms with van der Waals surface area (Å²) in [5.41, 5.74) is 3.42. The molecule has 1 aliphatic carbocycles. The number of likely N-dealkylation sites (N-methyl/N-ethyl adjacent to an activating group) is 1. The van der Waals surface area contributed by atoms with E-state index in [2.05, 4.69) is 52.3 Å². The molecule has 0 radical (unpaired) electrons. The van der Waals surface area contributed by atoms with Gasteiger partial charge in [0.2, 0.25) is 11.8 Å². The van der Waals surface area contributed by atoms with Gasteiger partial charge in [0, 0.05) is 41.6 Å². The lowest BCUT2D eigenvalue weighted by atomic mass is 9.85. The van der Waals surface area contributed by atoms with Crippen molar-refractivity contribution < 1.29 is 14.4 Å². The van der Waals surface area contributed by atoms with Crippen molar-refractivity contribution in [2.75, 3.05) is 22.4 Å². The first-order valence-corrected chi connectivity index (χ1v) is 18.1. The van der Waals surface area contributed by atoms with Gasteiger partial charge in [0.1, 0.15) is 12.2 Å². The molecule has 44 heavy (non-hydrogen) atoms. The largest absolute Gasteiger partial charge is 0.356 e. The Bertz CT molecular complexity index is 1380. The van der Waals surface area contributed by atoms with Crippen LogP contribution in [0.3, 0.4) is 0 Å². The number of nitrogens with one attached hydrogen (secondary N) is 2. The highest BCUT2D eigenvalue weighted by Crippen LogP contribution is 2.26. The highest BCUT2D eigenvalue weighted by Gasteiger charge is 2.28. The average molecular weight is 713 g/mol. The van der Waals surface area contributed by atoms with Crippen molar-refractivity contribution >= 4 is 56.9 Å². The number of halogens is 1. The van der Waals surface area contributed by atoms with Crippen LogP contribution in [0.5, 0.6) is 0 Å². The molecule has 7 nitrogen and oxygen atoms in total. The number of aryl methyl sites for hydroxylation is 1. The molecule has 2 N–H and O–H groups in total. The zero-order valence-electron chi connectivity index (χ0n) is 26.5. The number of hydrogen-bond acceptors (Lipinski definition) is 3. The molecule has 0 bridgehead atoms. The van der Waals surface area contributed by atoms with Gasteiger partial charge in [-0.15, -0.1) is 0 Å². The zero-order chi connectivity index (χ0) is 31.3. The van der Waals surface area contributed by atoms with Gasteiger partial charge in [-0.05, 0) is 86.1 Å². The molecule has 0 unspecified atom stereocenters. The molecule has 4 rings (SSSR count). The smallest absolute Gasteiger partial charge is 0.268 e. The molecule has 0 atom stereocenters. The van der Waals surface area contributed by atoms with Crippen LogP contribution >= 0.6 is 22.6 Å². The quantitative estimate of drug-likeness (QED) is 0.0921. The first-order chi connectivity index (χ1) is 21.4. The fourth-order valence-electron chi connectivity index (χ4n) is 6.28. The van der Waals surface area contributed by atoms with E-state index < -0.39 is 0 Å². The predicted octanol–water partition coefficient (Wildman–Crippen LogP) is 7.44. The molecular weight excluding hydrogens is 663 g/mol. The monoisotopic (exact) mass is 712 g/mol.